The van der Waals surface area contributed by atoms with Gasteiger partial charge in [-0.25, -0.2) is 0 Å². The van der Waals surface area contributed by atoms with Crippen molar-refractivity contribution in [1.82, 2.24) is 9.47 Å². The summed E-state index contributed by atoms with van der Waals surface area (Å²) in [5, 5.41) is 0. The number of aromatic nitrogens is 1. The van der Waals surface area contributed by atoms with Crippen LogP contribution in [-0.4, -0.2) is 42.3 Å². The Morgan fingerprint density at radius 1 is 1.31 bits per heavy atom. The quantitative estimate of drug-likeness (QED) is 0.768. The largest absolute Gasteiger partial charge is 0.394 e. The van der Waals surface area contributed by atoms with Crippen LogP contribution in [0.25, 0.3) is 0 Å². The van der Waals surface area contributed by atoms with E-state index in [1.54, 1.807) is 22.9 Å². The van der Waals surface area contributed by atoms with Crippen LogP contribution in [0.2, 0.25) is 0 Å². The van der Waals surface area contributed by atoms with Crippen molar-refractivity contribution in [2.75, 3.05) is 38.6 Å². The summed E-state index contributed by atoms with van der Waals surface area (Å²) >= 11 is 0. The summed E-state index contributed by atoms with van der Waals surface area (Å²) < 4.78 is 6.92. The van der Waals surface area contributed by atoms with Crippen molar-refractivity contribution in [3.63, 3.8) is 0 Å². The molecule has 1 fully saturated rings. The summed E-state index contributed by atoms with van der Waals surface area (Å²) in [7, 11) is 0. The molecule has 2 heterocycles. The number of hydrogen-bond donors (Lipinski definition) is 1. The highest BCUT2D eigenvalue weighted by Crippen LogP contribution is 1.98. The van der Waals surface area contributed by atoms with Crippen LogP contribution in [0, 0.1) is 0 Å². The van der Waals surface area contributed by atoms with Gasteiger partial charge < -0.3 is 15.0 Å². The maximum absolute atomic E-state index is 11.6. The van der Waals surface area contributed by atoms with Crippen LogP contribution in [0.15, 0.2) is 23.1 Å². The molecule has 1 aromatic rings. The Hall–Kier alpha value is -1.33. The van der Waals surface area contributed by atoms with Gasteiger partial charge in [0.1, 0.15) is 0 Å². The average Bonchev–Trinajstić information content (AvgIpc) is 2.32. The Kier molecular flexibility index (Phi) is 3.58. The maximum atomic E-state index is 11.6. The molecule has 1 aromatic heterocycles. The van der Waals surface area contributed by atoms with E-state index >= 15 is 0 Å². The summed E-state index contributed by atoms with van der Waals surface area (Å²) in [6.07, 6.45) is 1.78. The van der Waals surface area contributed by atoms with Crippen molar-refractivity contribution >= 4 is 5.69 Å². The molecule has 1 aliphatic heterocycles. The molecular weight excluding hydrogens is 206 g/mol. The molecule has 0 amide bonds. The van der Waals surface area contributed by atoms with Crippen molar-refractivity contribution in [2.24, 2.45) is 0 Å². The molecule has 0 aromatic carbocycles. The minimum Gasteiger partial charge on any atom is -0.394 e. The standard InChI is InChI=1S/C11H17N3O2/c12-10-2-1-3-14(11(10)15)5-4-13-6-8-16-9-7-13/h1-3H,4-9,12H2. The lowest BCUT2D eigenvalue weighted by molar-refractivity contribution is 0.0363. The number of morpholine rings is 1. The third kappa shape index (κ3) is 2.62. The molecule has 0 radical (unpaired) electrons. The molecule has 1 saturated heterocycles. The normalized spacial score (nSPS) is 17.5. The summed E-state index contributed by atoms with van der Waals surface area (Å²) in [5.74, 6) is 0. The lowest BCUT2D eigenvalue weighted by atomic mass is 10.4. The molecule has 0 bridgehead atoms. The Morgan fingerprint density at radius 3 is 2.81 bits per heavy atom. The minimum absolute atomic E-state index is 0.101. The van der Waals surface area contributed by atoms with Crippen LogP contribution in [0.1, 0.15) is 0 Å². The van der Waals surface area contributed by atoms with Crippen LogP contribution < -0.4 is 11.3 Å². The van der Waals surface area contributed by atoms with E-state index in [0.717, 1.165) is 32.8 Å². The molecule has 2 rings (SSSR count). The minimum atomic E-state index is -0.101. The fourth-order valence-corrected chi connectivity index (χ4v) is 1.81. The third-order valence-electron chi connectivity index (χ3n) is 2.81. The van der Waals surface area contributed by atoms with Gasteiger partial charge in [0.15, 0.2) is 0 Å². The molecule has 2 N–H and O–H groups in total. The molecule has 5 nitrogen and oxygen atoms in total. The van der Waals surface area contributed by atoms with Crippen molar-refractivity contribution in [2.45, 2.75) is 6.54 Å². The van der Waals surface area contributed by atoms with E-state index < -0.39 is 0 Å². The number of rotatable bonds is 3. The average molecular weight is 223 g/mol. The van der Waals surface area contributed by atoms with Gasteiger partial charge >= 0.3 is 0 Å². The number of nitrogens with two attached hydrogens (primary N) is 1. The second-order valence-corrected chi connectivity index (χ2v) is 3.92. The Bertz CT molecular complexity index is 396. The van der Waals surface area contributed by atoms with E-state index in [4.69, 9.17) is 10.5 Å². The number of nitrogen functional groups attached to an aromatic ring is 1. The smallest absolute Gasteiger partial charge is 0.273 e. The van der Waals surface area contributed by atoms with Crippen molar-refractivity contribution in [3.8, 4) is 0 Å². The zero-order valence-electron chi connectivity index (χ0n) is 9.26. The fourth-order valence-electron chi connectivity index (χ4n) is 1.81. The predicted molar refractivity (Wildman–Crippen MR) is 62.4 cm³/mol. The van der Waals surface area contributed by atoms with Crippen molar-refractivity contribution in [3.05, 3.63) is 28.7 Å². The Labute approximate surface area is 94.4 Å². The van der Waals surface area contributed by atoms with E-state index in [0.29, 0.717) is 12.2 Å². The highest BCUT2D eigenvalue weighted by Gasteiger charge is 2.10. The molecule has 0 unspecified atom stereocenters. The van der Waals surface area contributed by atoms with Crippen LogP contribution in [0.5, 0.6) is 0 Å². The zero-order valence-corrected chi connectivity index (χ0v) is 9.26. The zero-order chi connectivity index (χ0) is 11.4. The summed E-state index contributed by atoms with van der Waals surface area (Å²) in [5.41, 5.74) is 5.77. The maximum Gasteiger partial charge on any atom is 0.273 e. The number of nitrogens with zero attached hydrogens (tertiary/aromatic N) is 2. The van der Waals surface area contributed by atoms with E-state index in [1.807, 2.05) is 0 Å². The molecule has 16 heavy (non-hydrogen) atoms. The predicted octanol–water partition coefficient (Wildman–Crippen LogP) is -0.237. The Morgan fingerprint density at radius 2 is 2.06 bits per heavy atom. The first-order valence-electron chi connectivity index (χ1n) is 5.52. The summed E-state index contributed by atoms with van der Waals surface area (Å²) in [6.45, 7) is 5.00. The number of pyridine rings is 1. The lowest BCUT2D eigenvalue weighted by Crippen LogP contribution is -2.39. The third-order valence-corrected chi connectivity index (χ3v) is 2.81. The van der Waals surface area contributed by atoms with Crippen LogP contribution in [0.3, 0.4) is 0 Å². The number of hydrogen-bond acceptors (Lipinski definition) is 4. The second-order valence-electron chi connectivity index (χ2n) is 3.92. The second kappa shape index (κ2) is 5.14. The van der Waals surface area contributed by atoms with E-state index in [1.165, 1.54) is 0 Å². The van der Waals surface area contributed by atoms with Gasteiger partial charge in [-0.2, -0.15) is 0 Å². The SMILES string of the molecule is Nc1cccn(CCN2CCOCC2)c1=O. The van der Waals surface area contributed by atoms with Gasteiger partial charge in [-0.05, 0) is 12.1 Å². The molecule has 88 valence electrons. The van der Waals surface area contributed by atoms with Gasteiger partial charge in [0, 0.05) is 32.4 Å². The molecule has 0 spiro atoms. The first-order valence-corrected chi connectivity index (χ1v) is 5.52. The van der Waals surface area contributed by atoms with E-state index in [-0.39, 0.29) is 5.56 Å². The molecule has 0 aliphatic carbocycles. The topological polar surface area (TPSA) is 60.5 Å². The first-order chi connectivity index (χ1) is 7.77. The van der Waals surface area contributed by atoms with E-state index in [9.17, 15) is 4.79 Å². The highest BCUT2D eigenvalue weighted by molar-refractivity contribution is 5.33. The van der Waals surface area contributed by atoms with E-state index in [2.05, 4.69) is 4.90 Å². The number of anilines is 1. The van der Waals surface area contributed by atoms with Gasteiger partial charge in [-0.1, -0.05) is 0 Å². The van der Waals surface area contributed by atoms with Gasteiger partial charge in [-0.3, -0.25) is 9.69 Å². The van der Waals surface area contributed by atoms with Gasteiger partial charge in [0.05, 0.1) is 18.9 Å². The molecule has 5 heteroatoms. The van der Waals surface area contributed by atoms with Crippen LogP contribution in [-0.2, 0) is 11.3 Å². The highest BCUT2D eigenvalue weighted by atomic mass is 16.5. The fraction of sp³-hybridized carbons (Fsp3) is 0.545. The monoisotopic (exact) mass is 223 g/mol. The molecule has 1 aliphatic rings. The van der Waals surface area contributed by atoms with Crippen LogP contribution in [0.4, 0.5) is 5.69 Å². The molecular formula is C11H17N3O2. The molecule has 0 saturated carbocycles. The van der Waals surface area contributed by atoms with Gasteiger partial charge in [-0.15, -0.1) is 0 Å². The van der Waals surface area contributed by atoms with Gasteiger partial charge in [0.25, 0.3) is 5.56 Å². The van der Waals surface area contributed by atoms with Crippen molar-refractivity contribution < 1.29 is 4.74 Å². The van der Waals surface area contributed by atoms with Gasteiger partial charge in [0.2, 0.25) is 0 Å². The Balaban J connectivity index is 1.94. The summed E-state index contributed by atoms with van der Waals surface area (Å²) in [4.78, 5) is 13.9. The first kappa shape index (κ1) is 11.2. The number of ether oxygens (including phenoxy) is 1. The van der Waals surface area contributed by atoms with Crippen molar-refractivity contribution in [1.29, 1.82) is 0 Å². The molecule has 0 atom stereocenters. The summed E-state index contributed by atoms with van der Waals surface area (Å²) in [6, 6.07) is 3.43. The lowest BCUT2D eigenvalue weighted by Gasteiger charge is -2.26. The van der Waals surface area contributed by atoms with Crippen LogP contribution >= 0.6 is 0 Å².